The fraction of sp³-hybridized carbons (Fsp3) is 0.316. The first kappa shape index (κ1) is 21.1. The van der Waals surface area contributed by atoms with Gasteiger partial charge >= 0.3 is 6.36 Å². The summed E-state index contributed by atoms with van der Waals surface area (Å²) in [7, 11) is -3.88. The molecule has 0 atom stereocenters. The lowest BCUT2D eigenvalue weighted by atomic mass is 10.1. The molecule has 10 heteroatoms. The van der Waals surface area contributed by atoms with E-state index >= 15 is 0 Å². The van der Waals surface area contributed by atoms with Crippen molar-refractivity contribution in [2.24, 2.45) is 0 Å². The van der Waals surface area contributed by atoms with Crippen molar-refractivity contribution < 1.29 is 31.1 Å². The molecule has 0 N–H and O–H groups in total. The lowest BCUT2D eigenvalue weighted by Crippen LogP contribution is -2.50. The number of carbonyl (C=O) groups is 1. The largest absolute Gasteiger partial charge is 0.573 e. The van der Waals surface area contributed by atoms with Crippen molar-refractivity contribution in [2.45, 2.75) is 18.2 Å². The van der Waals surface area contributed by atoms with Crippen LogP contribution in [0.1, 0.15) is 15.9 Å². The highest BCUT2D eigenvalue weighted by atomic mass is 32.2. The zero-order chi connectivity index (χ0) is 21.2. The molecule has 0 unspecified atom stereocenters. The average molecular weight is 428 g/mol. The molecule has 29 heavy (non-hydrogen) atoms. The number of sulfonamides is 1. The van der Waals surface area contributed by atoms with E-state index in [0.717, 1.165) is 29.8 Å². The van der Waals surface area contributed by atoms with E-state index < -0.39 is 22.1 Å². The smallest absolute Gasteiger partial charge is 0.406 e. The van der Waals surface area contributed by atoms with E-state index in [2.05, 4.69) is 4.74 Å². The number of ether oxygens (including phenoxy) is 1. The molecule has 2 aromatic rings. The monoisotopic (exact) mass is 428 g/mol. The molecule has 1 aliphatic heterocycles. The lowest BCUT2D eigenvalue weighted by molar-refractivity contribution is -0.274. The number of nitrogens with zero attached hydrogens (tertiary/aromatic N) is 2. The van der Waals surface area contributed by atoms with Gasteiger partial charge in [0.1, 0.15) is 5.75 Å². The molecule has 156 valence electrons. The van der Waals surface area contributed by atoms with Gasteiger partial charge in [-0.1, -0.05) is 17.7 Å². The van der Waals surface area contributed by atoms with Crippen molar-refractivity contribution in [2.75, 3.05) is 26.2 Å². The SMILES string of the molecule is Cc1cccc(C(=O)N2CCN(S(=O)(=O)c3ccc(OC(F)(F)F)cc3)CC2)c1. The molecule has 1 heterocycles. The predicted molar refractivity (Wildman–Crippen MR) is 99.0 cm³/mol. The number of hydrogen-bond acceptors (Lipinski definition) is 4. The van der Waals surface area contributed by atoms with Gasteiger partial charge in [0.2, 0.25) is 10.0 Å². The second-order valence-corrected chi connectivity index (χ2v) is 8.52. The minimum Gasteiger partial charge on any atom is -0.406 e. The molecular formula is C19H19F3N2O4S. The Morgan fingerprint density at radius 1 is 1.00 bits per heavy atom. The maximum absolute atomic E-state index is 12.7. The highest BCUT2D eigenvalue weighted by molar-refractivity contribution is 7.89. The maximum Gasteiger partial charge on any atom is 0.573 e. The highest BCUT2D eigenvalue weighted by Gasteiger charge is 2.32. The van der Waals surface area contributed by atoms with Gasteiger partial charge in [0.15, 0.2) is 0 Å². The van der Waals surface area contributed by atoms with E-state index in [1.165, 1.54) is 4.31 Å². The van der Waals surface area contributed by atoms with Crippen LogP contribution >= 0.6 is 0 Å². The van der Waals surface area contributed by atoms with Crippen LogP contribution in [0.2, 0.25) is 0 Å². The quantitative estimate of drug-likeness (QED) is 0.751. The number of carbonyl (C=O) groups excluding carboxylic acids is 1. The number of piperazine rings is 1. The standard InChI is InChI=1S/C19H19F3N2O4S/c1-14-3-2-4-15(13-14)18(25)23-9-11-24(12-10-23)29(26,27)17-7-5-16(6-8-17)28-19(20,21)22/h2-8,13H,9-12H2,1H3. The van der Waals surface area contributed by atoms with Gasteiger partial charge in [0.25, 0.3) is 5.91 Å². The van der Waals surface area contributed by atoms with Gasteiger partial charge in [-0.15, -0.1) is 13.2 Å². The fourth-order valence-electron chi connectivity index (χ4n) is 3.05. The lowest BCUT2D eigenvalue weighted by Gasteiger charge is -2.34. The second-order valence-electron chi connectivity index (χ2n) is 6.58. The van der Waals surface area contributed by atoms with Gasteiger partial charge in [0.05, 0.1) is 4.90 Å². The predicted octanol–water partition coefficient (Wildman–Crippen LogP) is 3.04. The van der Waals surface area contributed by atoms with E-state index in [1.807, 2.05) is 13.0 Å². The molecule has 1 amide bonds. The summed E-state index contributed by atoms with van der Waals surface area (Å²) in [6.07, 6.45) is -4.85. The highest BCUT2D eigenvalue weighted by Crippen LogP contribution is 2.25. The third kappa shape index (κ3) is 5.07. The minimum atomic E-state index is -4.85. The Morgan fingerprint density at radius 3 is 2.17 bits per heavy atom. The normalized spacial score (nSPS) is 15.9. The molecule has 0 aliphatic carbocycles. The molecule has 1 saturated heterocycles. The number of benzene rings is 2. The Bertz CT molecular complexity index is 983. The second kappa shape index (κ2) is 8.03. The molecular weight excluding hydrogens is 409 g/mol. The summed E-state index contributed by atoms with van der Waals surface area (Å²) in [6.45, 7) is 2.52. The molecule has 0 aromatic heterocycles. The van der Waals surface area contributed by atoms with E-state index in [1.54, 1.807) is 23.1 Å². The van der Waals surface area contributed by atoms with E-state index in [9.17, 15) is 26.4 Å². The third-order valence-corrected chi connectivity index (χ3v) is 6.40. The van der Waals surface area contributed by atoms with E-state index in [4.69, 9.17) is 0 Å². The van der Waals surface area contributed by atoms with E-state index in [0.29, 0.717) is 5.56 Å². The van der Waals surface area contributed by atoms with Crippen LogP contribution < -0.4 is 4.74 Å². The summed E-state index contributed by atoms with van der Waals surface area (Å²) in [5.41, 5.74) is 1.50. The first-order chi connectivity index (χ1) is 13.6. The average Bonchev–Trinajstić information content (AvgIpc) is 2.67. The van der Waals surface area contributed by atoms with Crippen LogP contribution in [0.15, 0.2) is 53.4 Å². The van der Waals surface area contributed by atoms with Gasteiger partial charge in [-0.25, -0.2) is 8.42 Å². The van der Waals surface area contributed by atoms with Crippen molar-refractivity contribution in [3.8, 4) is 5.75 Å². The number of alkyl halides is 3. The van der Waals surface area contributed by atoms with Crippen LogP contribution in [0.25, 0.3) is 0 Å². The van der Waals surface area contributed by atoms with Gasteiger partial charge in [0, 0.05) is 31.7 Å². The zero-order valence-corrected chi connectivity index (χ0v) is 16.3. The van der Waals surface area contributed by atoms with Crippen molar-refractivity contribution in [1.29, 1.82) is 0 Å². The molecule has 0 bridgehead atoms. The number of hydrogen-bond donors (Lipinski definition) is 0. The van der Waals surface area contributed by atoms with Crippen molar-refractivity contribution in [3.63, 3.8) is 0 Å². The van der Waals surface area contributed by atoms with Crippen molar-refractivity contribution in [1.82, 2.24) is 9.21 Å². The summed E-state index contributed by atoms with van der Waals surface area (Å²) in [4.78, 5) is 14.0. The van der Waals surface area contributed by atoms with Crippen LogP contribution in [0, 0.1) is 6.92 Å². The molecule has 3 rings (SSSR count). The number of aryl methyl sites for hydroxylation is 1. The number of halogens is 3. The Hall–Kier alpha value is -2.59. The van der Waals surface area contributed by atoms with Crippen LogP contribution in [0.5, 0.6) is 5.75 Å². The molecule has 1 fully saturated rings. The minimum absolute atomic E-state index is 0.0979. The summed E-state index contributed by atoms with van der Waals surface area (Å²) >= 11 is 0. The number of rotatable bonds is 4. The van der Waals surface area contributed by atoms with E-state index in [-0.39, 0.29) is 37.0 Å². The fourth-order valence-corrected chi connectivity index (χ4v) is 4.48. The third-order valence-electron chi connectivity index (χ3n) is 4.49. The van der Waals surface area contributed by atoms with Gasteiger partial charge in [-0.05, 0) is 43.3 Å². The maximum atomic E-state index is 12.7. The van der Waals surface area contributed by atoms with Gasteiger partial charge in [-0.3, -0.25) is 4.79 Å². The Labute approximate surface area is 166 Å². The topological polar surface area (TPSA) is 66.9 Å². The van der Waals surface area contributed by atoms with Crippen LogP contribution in [-0.4, -0.2) is 56.1 Å². The molecule has 2 aromatic carbocycles. The molecule has 6 nitrogen and oxygen atoms in total. The first-order valence-corrected chi connectivity index (χ1v) is 10.2. The molecule has 0 spiro atoms. The van der Waals surface area contributed by atoms with Crippen molar-refractivity contribution in [3.05, 3.63) is 59.7 Å². The summed E-state index contributed by atoms with van der Waals surface area (Å²) in [5.74, 6) is -0.663. The Balaban J connectivity index is 1.66. The Morgan fingerprint density at radius 2 is 1.62 bits per heavy atom. The first-order valence-electron chi connectivity index (χ1n) is 8.78. The van der Waals surface area contributed by atoms with Crippen molar-refractivity contribution >= 4 is 15.9 Å². The Kier molecular flexibility index (Phi) is 5.85. The van der Waals surface area contributed by atoms with Crippen LogP contribution in [-0.2, 0) is 10.0 Å². The number of amides is 1. The molecule has 0 radical (unpaired) electrons. The van der Waals surface area contributed by atoms with Crippen LogP contribution in [0.4, 0.5) is 13.2 Å². The zero-order valence-electron chi connectivity index (χ0n) is 15.5. The summed E-state index contributed by atoms with van der Waals surface area (Å²) < 4.78 is 67.1. The summed E-state index contributed by atoms with van der Waals surface area (Å²) in [5, 5.41) is 0. The van der Waals surface area contributed by atoms with Crippen LogP contribution in [0.3, 0.4) is 0 Å². The van der Waals surface area contributed by atoms with Gasteiger partial charge < -0.3 is 9.64 Å². The van der Waals surface area contributed by atoms with Gasteiger partial charge in [-0.2, -0.15) is 4.31 Å². The molecule has 1 aliphatic rings. The summed E-state index contributed by atoms with van der Waals surface area (Å²) in [6, 6.07) is 11.2. The molecule has 0 saturated carbocycles.